The molecule has 2 fully saturated rings. The van der Waals surface area contributed by atoms with Crippen LogP contribution in [0.1, 0.15) is 28.1 Å². The van der Waals surface area contributed by atoms with Crippen LogP contribution in [-0.2, 0) is 16.0 Å². The Labute approximate surface area is 196 Å². The average molecular weight is 476 g/mol. The zero-order chi connectivity index (χ0) is 22.7. The van der Waals surface area contributed by atoms with E-state index in [9.17, 15) is 14.4 Å². The van der Waals surface area contributed by atoms with Crippen LogP contribution < -0.4 is 5.32 Å². The number of thiophene rings is 1. The number of benzene rings is 1. The van der Waals surface area contributed by atoms with Crippen molar-refractivity contribution in [3.63, 3.8) is 0 Å². The number of nitrogens with zero attached hydrogens (tertiary/aromatic N) is 2. The molecule has 1 aromatic carbocycles. The molecule has 4 amide bonds. The van der Waals surface area contributed by atoms with Gasteiger partial charge in [0, 0.05) is 31.6 Å². The normalized spacial score (nSPS) is 21.8. The van der Waals surface area contributed by atoms with E-state index in [4.69, 9.17) is 16.3 Å². The van der Waals surface area contributed by atoms with Crippen molar-refractivity contribution in [2.45, 2.75) is 24.8 Å². The van der Waals surface area contributed by atoms with Gasteiger partial charge in [0.05, 0.1) is 18.0 Å². The van der Waals surface area contributed by atoms with Crippen LogP contribution in [0.5, 0.6) is 0 Å². The maximum Gasteiger partial charge on any atom is 0.325 e. The van der Waals surface area contributed by atoms with Gasteiger partial charge < -0.3 is 15.0 Å². The summed E-state index contributed by atoms with van der Waals surface area (Å²) in [5, 5.41) is 5.47. The van der Waals surface area contributed by atoms with Crippen molar-refractivity contribution in [3.8, 4) is 0 Å². The first kappa shape index (κ1) is 22.8. The maximum absolute atomic E-state index is 13.6. The van der Waals surface area contributed by atoms with Gasteiger partial charge in [-0.05, 0) is 41.8 Å². The Morgan fingerprint density at radius 2 is 1.97 bits per heavy atom. The summed E-state index contributed by atoms with van der Waals surface area (Å²) in [5.74, 6) is -0.347. The second-order valence-corrected chi connectivity index (χ2v) is 9.52. The van der Waals surface area contributed by atoms with Crippen molar-refractivity contribution in [1.82, 2.24) is 15.1 Å². The number of amides is 4. The molecule has 3 heterocycles. The summed E-state index contributed by atoms with van der Waals surface area (Å²) in [4.78, 5) is 43.0. The Kier molecular flexibility index (Phi) is 6.83. The van der Waals surface area contributed by atoms with Gasteiger partial charge in [-0.1, -0.05) is 35.9 Å². The summed E-state index contributed by atoms with van der Waals surface area (Å²) in [7, 11) is 1.54. The number of hydrogen-bond donors (Lipinski definition) is 1. The molecule has 2 saturated heterocycles. The van der Waals surface area contributed by atoms with E-state index in [2.05, 4.69) is 5.32 Å². The third kappa shape index (κ3) is 4.27. The minimum absolute atomic E-state index is 0.0158. The van der Waals surface area contributed by atoms with Gasteiger partial charge >= 0.3 is 6.03 Å². The molecule has 2 aliphatic heterocycles. The van der Waals surface area contributed by atoms with E-state index in [1.165, 1.54) is 23.3 Å². The van der Waals surface area contributed by atoms with Crippen molar-refractivity contribution < 1.29 is 19.1 Å². The van der Waals surface area contributed by atoms with Gasteiger partial charge in [-0.3, -0.25) is 14.5 Å². The van der Waals surface area contributed by atoms with Crippen molar-refractivity contribution in [2.24, 2.45) is 5.92 Å². The molecule has 1 aromatic heterocycles. The molecule has 2 aliphatic rings. The highest BCUT2D eigenvalue weighted by Gasteiger charge is 2.56. The van der Waals surface area contributed by atoms with E-state index < -0.39 is 11.6 Å². The van der Waals surface area contributed by atoms with Gasteiger partial charge in [0.1, 0.15) is 5.54 Å². The third-order valence-corrected chi connectivity index (χ3v) is 7.59. The molecule has 1 atom stereocenters. The number of piperidine rings is 1. The molecule has 7 nitrogen and oxygen atoms in total. The number of ether oxygens (including phenoxy) is 1. The SMILES string of the molecule is COCCN1C(=O)N[C@](Cc2ccccc2Cl)(C2CCN(C(=O)c3cccs3)CC2)C1=O. The van der Waals surface area contributed by atoms with Crippen LogP contribution in [-0.4, -0.2) is 66.5 Å². The third-order valence-electron chi connectivity index (χ3n) is 6.36. The van der Waals surface area contributed by atoms with Gasteiger partial charge in [0.15, 0.2) is 0 Å². The molecule has 0 spiro atoms. The fraction of sp³-hybridized carbons (Fsp3) is 0.435. The fourth-order valence-corrected chi connectivity index (χ4v) is 5.54. The Morgan fingerprint density at radius 1 is 1.22 bits per heavy atom. The summed E-state index contributed by atoms with van der Waals surface area (Å²) in [6.45, 7) is 1.54. The van der Waals surface area contributed by atoms with E-state index >= 15 is 0 Å². The highest BCUT2D eigenvalue weighted by atomic mass is 35.5. The van der Waals surface area contributed by atoms with Crippen molar-refractivity contribution in [2.75, 3.05) is 33.4 Å². The first-order chi connectivity index (χ1) is 15.5. The topological polar surface area (TPSA) is 79.0 Å². The number of imide groups is 1. The zero-order valence-corrected chi connectivity index (χ0v) is 19.5. The first-order valence-corrected chi connectivity index (χ1v) is 11.9. The Hall–Kier alpha value is -2.42. The molecular weight excluding hydrogens is 450 g/mol. The summed E-state index contributed by atoms with van der Waals surface area (Å²) in [6.07, 6.45) is 1.54. The van der Waals surface area contributed by atoms with Crippen LogP contribution in [0.4, 0.5) is 4.79 Å². The molecule has 2 aromatic rings. The number of halogens is 1. The second-order valence-electron chi connectivity index (χ2n) is 8.16. The smallest absolute Gasteiger partial charge is 0.325 e. The van der Waals surface area contributed by atoms with Crippen LogP contribution in [0.25, 0.3) is 0 Å². The van der Waals surface area contributed by atoms with Crippen LogP contribution in [0.15, 0.2) is 41.8 Å². The van der Waals surface area contributed by atoms with Gasteiger partial charge in [0.2, 0.25) is 0 Å². The van der Waals surface area contributed by atoms with Crippen molar-refractivity contribution in [1.29, 1.82) is 0 Å². The summed E-state index contributed by atoms with van der Waals surface area (Å²) in [6, 6.07) is 10.7. The molecule has 1 N–H and O–H groups in total. The second kappa shape index (κ2) is 9.60. The molecule has 0 saturated carbocycles. The Morgan fingerprint density at radius 3 is 2.62 bits per heavy atom. The number of urea groups is 1. The van der Waals surface area contributed by atoms with Gasteiger partial charge in [-0.15, -0.1) is 11.3 Å². The Bertz CT molecular complexity index is 991. The van der Waals surface area contributed by atoms with E-state index in [-0.39, 0.29) is 30.9 Å². The number of carbonyl (C=O) groups is 3. The standard InChI is InChI=1S/C23H26ClN3O4S/c1-31-13-12-27-21(29)23(25-22(27)30,15-16-5-2-3-6-18(16)24)17-8-10-26(11-9-17)20(28)19-7-4-14-32-19/h2-7,14,17H,8-13,15H2,1H3,(H,25,30)/t23-/m1/s1. The van der Waals surface area contributed by atoms with Crippen LogP contribution in [0.3, 0.4) is 0 Å². The number of rotatable bonds is 7. The molecule has 0 unspecified atom stereocenters. The van der Waals surface area contributed by atoms with E-state index in [0.29, 0.717) is 42.3 Å². The molecule has 32 heavy (non-hydrogen) atoms. The number of likely N-dealkylation sites (tertiary alicyclic amines) is 1. The fourth-order valence-electron chi connectivity index (χ4n) is 4.64. The predicted octanol–water partition coefficient (Wildman–Crippen LogP) is 3.43. The van der Waals surface area contributed by atoms with Gasteiger partial charge in [-0.2, -0.15) is 0 Å². The van der Waals surface area contributed by atoms with Crippen molar-refractivity contribution in [3.05, 3.63) is 57.2 Å². The number of carbonyl (C=O) groups excluding carboxylic acids is 3. The number of nitrogens with one attached hydrogen (secondary N) is 1. The number of hydrogen-bond acceptors (Lipinski definition) is 5. The molecule has 0 bridgehead atoms. The zero-order valence-electron chi connectivity index (χ0n) is 17.9. The van der Waals surface area contributed by atoms with Crippen molar-refractivity contribution >= 4 is 40.8 Å². The maximum atomic E-state index is 13.6. The van der Waals surface area contributed by atoms with Crippen LogP contribution in [0.2, 0.25) is 5.02 Å². The predicted molar refractivity (Wildman–Crippen MR) is 123 cm³/mol. The van der Waals surface area contributed by atoms with E-state index in [1.54, 1.807) is 6.07 Å². The highest BCUT2D eigenvalue weighted by Crippen LogP contribution is 2.38. The lowest BCUT2D eigenvalue weighted by Gasteiger charge is -2.41. The van der Waals surface area contributed by atoms with Gasteiger partial charge in [0.25, 0.3) is 11.8 Å². The molecule has 9 heteroatoms. The summed E-state index contributed by atoms with van der Waals surface area (Å²) < 4.78 is 5.09. The number of methoxy groups -OCH3 is 1. The lowest BCUT2D eigenvalue weighted by molar-refractivity contribution is -0.134. The minimum Gasteiger partial charge on any atom is -0.383 e. The first-order valence-electron chi connectivity index (χ1n) is 10.7. The molecule has 170 valence electrons. The minimum atomic E-state index is -1.09. The van der Waals surface area contributed by atoms with E-state index in [0.717, 1.165) is 5.56 Å². The quantitative estimate of drug-likeness (QED) is 0.622. The average Bonchev–Trinajstić information content (AvgIpc) is 3.42. The summed E-state index contributed by atoms with van der Waals surface area (Å²) >= 11 is 7.85. The Balaban J connectivity index is 1.58. The lowest BCUT2D eigenvalue weighted by Crippen LogP contribution is -2.58. The largest absolute Gasteiger partial charge is 0.383 e. The lowest BCUT2D eigenvalue weighted by atomic mass is 9.74. The molecule has 0 aliphatic carbocycles. The van der Waals surface area contributed by atoms with Crippen LogP contribution >= 0.6 is 22.9 Å². The monoisotopic (exact) mass is 475 g/mol. The van der Waals surface area contributed by atoms with Crippen LogP contribution in [0, 0.1) is 5.92 Å². The highest BCUT2D eigenvalue weighted by molar-refractivity contribution is 7.12. The molecule has 0 radical (unpaired) electrons. The van der Waals surface area contributed by atoms with E-state index in [1.807, 2.05) is 40.6 Å². The summed E-state index contributed by atoms with van der Waals surface area (Å²) in [5.41, 5.74) is -0.276. The molecular formula is C23H26ClN3O4S. The molecule has 4 rings (SSSR count). The van der Waals surface area contributed by atoms with Gasteiger partial charge in [-0.25, -0.2) is 4.79 Å².